The lowest BCUT2D eigenvalue weighted by Crippen LogP contribution is -2.74. The summed E-state index contributed by atoms with van der Waals surface area (Å²) in [6, 6.07) is 10.5. The van der Waals surface area contributed by atoms with Gasteiger partial charge in [0.1, 0.15) is 5.56 Å². The van der Waals surface area contributed by atoms with Crippen molar-refractivity contribution >= 4 is 17.6 Å². The van der Waals surface area contributed by atoms with Crippen LogP contribution >= 0.6 is 0 Å². The number of para-hydroxylation sites is 1. The number of hydrogen-bond acceptors (Lipinski definition) is 9. The van der Waals surface area contributed by atoms with Crippen LogP contribution in [0.25, 0.3) is 0 Å². The second-order valence-electron chi connectivity index (χ2n) is 10.0. The summed E-state index contributed by atoms with van der Waals surface area (Å²) in [4.78, 5) is 28.4. The number of phenolic OH excluding ortho intramolecular Hbond substituents is 2. The molecule has 2 aromatic rings. The molecule has 6 rings (SSSR count). The number of ether oxygens (including phenoxy) is 2. The van der Waals surface area contributed by atoms with Crippen LogP contribution in [0.15, 0.2) is 59.9 Å². The third kappa shape index (κ3) is 2.83. The first-order chi connectivity index (χ1) is 17.8. The van der Waals surface area contributed by atoms with Crippen molar-refractivity contribution in [1.82, 2.24) is 4.90 Å². The zero-order chi connectivity index (χ0) is 26.1. The molecular formula is C28H28N2O7. The molecule has 0 amide bonds. The maximum Gasteiger partial charge on any atom is 0.344 e. The Labute approximate surface area is 213 Å². The number of benzene rings is 2. The predicted molar refractivity (Wildman–Crippen MR) is 133 cm³/mol. The first-order valence-corrected chi connectivity index (χ1v) is 12.3. The van der Waals surface area contributed by atoms with Crippen molar-refractivity contribution < 1.29 is 34.4 Å². The van der Waals surface area contributed by atoms with Gasteiger partial charge in [-0.3, -0.25) is 4.90 Å². The first-order valence-electron chi connectivity index (χ1n) is 12.3. The zero-order valence-corrected chi connectivity index (χ0v) is 20.5. The molecule has 37 heavy (non-hydrogen) atoms. The van der Waals surface area contributed by atoms with E-state index in [9.17, 15) is 24.9 Å². The summed E-state index contributed by atoms with van der Waals surface area (Å²) in [5.41, 5.74) is 1.31. The van der Waals surface area contributed by atoms with Crippen molar-refractivity contribution in [3.63, 3.8) is 0 Å². The smallest absolute Gasteiger partial charge is 0.344 e. The largest absolute Gasteiger partial charge is 0.515 e. The molecule has 0 bridgehead atoms. The summed E-state index contributed by atoms with van der Waals surface area (Å²) in [6.07, 6.45) is 3.71. The maximum absolute atomic E-state index is 13.5. The molecule has 4 aliphatic heterocycles. The van der Waals surface area contributed by atoms with Crippen molar-refractivity contribution in [2.45, 2.75) is 36.9 Å². The van der Waals surface area contributed by atoms with Gasteiger partial charge in [-0.1, -0.05) is 35.9 Å². The Hall–Kier alpha value is -3.98. The average molecular weight is 505 g/mol. The van der Waals surface area contributed by atoms with Crippen LogP contribution in [-0.4, -0.2) is 64.1 Å². The van der Waals surface area contributed by atoms with E-state index in [2.05, 4.69) is 10.2 Å². The average Bonchev–Trinajstić information content (AvgIpc) is 3.21. The fourth-order valence-corrected chi connectivity index (χ4v) is 7.13. The van der Waals surface area contributed by atoms with Gasteiger partial charge in [0.05, 0.1) is 30.4 Å². The van der Waals surface area contributed by atoms with Gasteiger partial charge in [-0.25, -0.2) is 9.59 Å². The number of rotatable bonds is 2. The molecule has 0 radical (unpaired) electrons. The molecule has 0 aromatic heterocycles. The van der Waals surface area contributed by atoms with Gasteiger partial charge < -0.3 is 30.1 Å². The quantitative estimate of drug-likeness (QED) is 0.160. The molecule has 4 atom stereocenters. The van der Waals surface area contributed by atoms with Gasteiger partial charge in [-0.2, -0.15) is 0 Å². The molecule has 192 valence electrons. The van der Waals surface area contributed by atoms with Gasteiger partial charge in [0.25, 0.3) is 0 Å². The molecule has 0 unspecified atom stereocenters. The lowest BCUT2D eigenvalue weighted by molar-refractivity contribution is -0.139. The second-order valence-corrected chi connectivity index (χ2v) is 10.0. The Bertz CT molecular complexity index is 1400. The summed E-state index contributed by atoms with van der Waals surface area (Å²) < 4.78 is 11.3. The highest BCUT2D eigenvalue weighted by Gasteiger charge is 2.72. The number of phenols is 2. The van der Waals surface area contributed by atoms with E-state index in [1.165, 1.54) is 13.2 Å². The number of aromatic hydroxyl groups is 2. The number of piperidine rings is 2. The fraction of sp³-hybridized carbons (Fsp3) is 0.357. The Morgan fingerprint density at radius 2 is 2.00 bits per heavy atom. The lowest BCUT2D eigenvalue weighted by Gasteiger charge is -2.60. The van der Waals surface area contributed by atoms with Crippen molar-refractivity contribution in [3.8, 4) is 11.5 Å². The number of nitrogens with zero attached hydrogens (tertiary/aromatic N) is 1. The highest BCUT2D eigenvalue weighted by Crippen LogP contribution is 2.64. The van der Waals surface area contributed by atoms with E-state index < -0.39 is 40.8 Å². The van der Waals surface area contributed by atoms with Gasteiger partial charge in [-0.15, -0.1) is 0 Å². The Morgan fingerprint density at radius 3 is 2.73 bits per heavy atom. The fourth-order valence-electron chi connectivity index (χ4n) is 7.13. The second kappa shape index (κ2) is 8.01. The highest BCUT2D eigenvalue weighted by molar-refractivity contribution is 5.99. The number of carbonyl (C=O) groups excluding carboxylic acids is 2. The summed E-state index contributed by atoms with van der Waals surface area (Å²) in [7, 11) is 1.28. The Balaban J connectivity index is 1.58. The topological polar surface area (TPSA) is 129 Å². The van der Waals surface area contributed by atoms with Crippen LogP contribution in [0.2, 0.25) is 0 Å². The molecule has 0 saturated carbocycles. The number of methoxy groups -OCH3 is 1. The number of carbonyl (C=O) groups is 2. The van der Waals surface area contributed by atoms with Crippen LogP contribution in [0.1, 0.15) is 41.3 Å². The van der Waals surface area contributed by atoms with E-state index >= 15 is 0 Å². The summed E-state index contributed by atoms with van der Waals surface area (Å²) >= 11 is 0. The zero-order valence-electron chi connectivity index (χ0n) is 20.5. The van der Waals surface area contributed by atoms with Crippen molar-refractivity contribution in [2.75, 3.05) is 25.5 Å². The van der Waals surface area contributed by atoms with E-state index in [1.54, 1.807) is 6.07 Å². The van der Waals surface area contributed by atoms with Crippen molar-refractivity contribution in [3.05, 3.63) is 76.6 Å². The number of esters is 2. The van der Waals surface area contributed by atoms with E-state index in [1.807, 2.05) is 37.3 Å². The minimum atomic E-state index is -1.25. The predicted octanol–water partition coefficient (Wildman–Crippen LogP) is 3.33. The molecule has 2 fully saturated rings. The van der Waals surface area contributed by atoms with E-state index in [0.717, 1.165) is 23.1 Å². The van der Waals surface area contributed by atoms with Crippen LogP contribution in [0.5, 0.6) is 11.5 Å². The number of fused-ring (bicyclic) bond motifs is 3. The van der Waals surface area contributed by atoms with Gasteiger partial charge in [0, 0.05) is 24.7 Å². The monoisotopic (exact) mass is 504 g/mol. The summed E-state index contributed by atoms with van der Waals surface area (Å²) in [5, 5.41) is 34.5. The van der Waals surface area contributed by atoms with Crippen molar-refractivity contribution in [2.24, 2.45) is 5.92 Å². The van der Waals surface area contributed by atoms with E-state index in [4.69, 9.17) is 9.47 Å². The van der Waals surface area contributed by atoms with E-state index in [-0.39, 0.29) is 16.9 Å². The molecule has 0 aliphatic carbocycles. The number of aliphatic hydroxyl groups is 1. The van der Waals surface area contributed by atoms with Gasteiger partial charge >= 0.3 is 11.9 Å². The SMILES string of the molecule is C/C=C1/CN2CC[C@]34c5ccccc5N[C@]3(OC(=O)c3c4ccc(O)c3O)[C@@H]2C[C@@H]1/C(=C\O)C(=O)OC. The molecule has 4 N–H and O–H groups in total. The standard InChI is InChI=1S/C28H28N2O7/c1-3-15-13-30-11-10-27-18-6-4-5-7-20(18)29-28(27,22(30)12-16(15)17(14-31)25(34)36-2)37-26(35)23-19(27)8-9-21(32)24(23)33/h3-9,14,16,22,29,31-33H,10-13H2,1-2H3/b15-3-,17-14+/t16-,22-,27+,28-/m0/s1. The lowest BCUT2D eigenvalue weighted by atomic mass is 9.58. The Kier molecular flexibility index (Phi) is 5.07. The molecule has 4 heterocycles. The van der Waals surface area contributed by atoms with Gasteiger partial charge in [-0.05, 0) is 43.0 Å². The number of nitrogens with one attached hydrogen (secondary N) is 1. The maximum atomic E-state index is 13.5. The number of anilines is 1. The van der Waals surface area contributed by atoms with Crippen LogP contribution < -0.4 is 5.32 Å². The van der Waals surface area contributed by atoms with Crippen LogP contribution in [0, 0.1) is 5.92 Å². The number of hydrogen-bond donors (Lipinski definition) is 4. The summed E-state index contributed by atoms with van der Waals surface area (Å²) in [6.45, 7) is 3.07. The molecule has 4 aliphatic rings. The third-order valence-corrected chi connectivity index (χ3v) is 8.70. The Morgan fingerprint density at radius 1 is 1.22 bits per heavy atom. The molecule has 2 aromatic carbocycles. The molecule has 9 nitrogen and oxygen atoms in total. The van der Waals surface area contributed by atoms with Gasteiger partial charge in [0.15, 0.2) is 11.5 Å². The van der Waals surface area contributed by atoms with Crippen LogP contribution in [0.3, 0.4) is 0 Å². The highest BCUT2D eigenvalue weighted by atomic mass is 16.6. The minimum Gasteiger partial charge on any atom is -0.515 e. The van der Waals surface area contributed by atoms with E-state index in [0.29, 0.717) is 31.5 Å². The molecule has 2 saturated heterocycles. The molecular weight excluding hydrogens is 476 g/mol. The number of aliphatic hydroxyl groups excluding tert-OH is 1. The van der Waals surface area contributed by atoms with Gasteiger partial charge in [0.2, 0.25) is 5.72 Å². The van der Waals surface area contributed by atoms with Crippen LogP contribution in [0.4, 0.5) is 5.69 Å². The normalized spacial score (nSPS) is 31.2. The minimum absolute atomic E-state index is 0.0328. The van der Waals surface area contributed by atoms with Crippen molar-refractivity contribution in [1.29, 1.82) is 0 Å². The third-order valence-electron chi connectivity index (χ3n) is 8.70. The van der Waals surface area contributed by atoms with Crippen LogP contribution in [-0.2, 0) is 19.7 Å². The number of allylic oxidation sites excluding steroid dienone is 1. The molecule has 0 spiro atoms. The molecule has 9 heteroatoms. The summed E-state index contributed by atoms with van der Waals surface area (Å²) in [5.74, 6) is -2.68. The first kappa shape index (κ1) is 23.4.